The molecule has 27 heavy (non-hydrogen) atoms. The summed E-state index contributed by atoms with van der Waals surface area (Å²) in [4.78, 5) is 44.1. The third-order valence-corrected chi connectivity index (χ3v) is 4.29. The lowest BCUT2D eigenvalue weighted by molar-refractivity contribution is 0.584. The SMILES string of the molecule is CCn1cc(C#N)c(=O)n(Cc2nc3c(oc4ccccc43)c(=O)[nH]2)c1=O. The summed E-state index contributed by atoms with van der Waals surface area (Å²) in [6.45, 7) is 1.75. The topological polar surface area (TPSA) is 127 Å². The van der Waals surface area contributed by atoms with Gasteiger partial charge >= 0.3 is 5.69 Å². The molecule has 3 heterocycles. The van der Waals surface area contributed by atoms with Gasteiger partial charge in [-0.1, -0.05) is 12.1 Å². The second kappa shape index (κ2) is 6.10. The first kappa shape index (κ1) is 16.5. The third-order valence-electron chi connectivity index (χ3n) is 4.29. The Labute approximate surface area is 150 Å². The first-order chi connectivity index (χ1) is 13.0. The van der Waals surface area contributed by atoms with Crippen molar-refractivity contribution in [2.45, 2.75) is 20.0 Å². The molecule has 0 atom stereocenters. The normalized spacial score (nSPS) is 11.1. The summed E-state index contributed by atoms with van der Waals surface area (Å²) in [5, 5.41) is 9.79. The maximum Gasteiger partial charge on any atom is 0.331 e. The Bertz CT molecular complexity index is 1410. The second-order valence-corrected chi connectivity index (χ2v) is 5.90. The fourth-order valence-corrected chi connectivity index (χ4v) is 2.97. The van der Waals surface area contributed by atoms with Gasteiger partial charge in [-0.3, -0.25) is 18.7 Å². The summed E-state index contributed by atoms with van der Waals surface area (Å²) in [7, 11) is 0. The number of para-hydroxylation sites is 1. The molecule has 134 valence electrons. The number of aromatic nitrogens is 4. The number of fused-ring (bicyclic) bond motifs is 3. The molecule has 0 fully saturated rings. The molecule has 0 bridgehead atoms. The smallest absolute Gasteiger partial charge is 0.331 e. The van der Waals surface area contributed by atoms with Crippen LogP contribution in [0.15, 0.2) is 49.3 Å². The van der Waals surface area contributed by atoms with Gasteiger partial charge in [0.05, 0.1) is 6.54 Å². The van der Waals surface area contributed by atoms with Crippen molar-refractivity contribution in [3.05, 3.63) is 73.0 Å². The number of H-pyrrole nitrogens is 1. The van der Waals surface area contributed by atoms with Crippen LogP contribution in [0, 0.1) is 11.3 Å². The molecule has 9 heteroatoms. The van der Waals surface area contributed by atoms with Crippen molar-refractivity contribution in [3.8, 4) is 6.07 Å². The minimum Gasteiger partial charge on any atom is -0.449 e. The van der Waals surface area contributed by atoms with Crippen LogP contribution in [0.2, 0.25) is 0 Å². The maximum absolute atomic E-state index is 12.5. The van der Waals surface area contributed by atoms with Crippen LogP contribution in [0.5, 0.6) is 0 Å². The number of aryl methyl sites for hydroxylation is 1. The molecular weight excluding hydrogens is 350 g/mol. The van der Waals surface area contributed by atoms with E-state index in [4.69, 9.17) is 9.68 Å². The Kier molecular flexibility index (Phi) is 3.74. The highest BCUT2D eigenvalue weighted by molar-refractivity contribution is 6.01. The number of rotatable bonds is 3. The summed E-state index contributed by atoms with van der Waals surface area (Å²) in [6, 6.07) is 8.84. The number of hydrogen-bond donors (Lipinski definition) is 1. The number of nitrogens with zero attached hydrogens (tertiary/aromatic N) is 4. The van der Waals surface area contributed by atoms with Crippen LogP contribution in [0.1, 0.15) is 18.3 Å². The summed E-state index contributed by atoms with van der Waals surface area (Å²) in [6.07, 6.45) is 1.23. The molecule has 0 saturated heterocycles. The van der Waals surface area contributed by atoms with Gasteiger partial charge in [-0.25, -0.2) is 9.78 Å². The average Bonchev–Trinajstić information content (AvgIpc) is 3.05. The van der Waals surface area contributed by atoms with Gasteiger partial charge in [0.2, 0.25) is 5.58 Å². The van der Waals surface area contributed by atoms with Gasteiger partial charge in [0.25, 0.3) is 11.1 Å². The van der Waals surface area contributed by atoms with E-state index in [1.54, 1.807) is 37.3 Å². The summed E-state index contributed by atoms with van der Waals surface area (Å²) in [5.74, 6) is 0.121. The maximum atomic E-state index is 12.5. The second-order valence-electron chi connectivity index (χ2n) is 5.90. The van der Waals surface area contributed by atoms with Crippen molar-refractivity contribution in [2.24, 2.45) is 0 Å². The molecule has 0 radical (unpaired) electrons. The Hall–Kier alpha value is -3.93. The highest BCUT2D eigenvalue weighted by Gasteiger charge is 2.16. The van der Waals surface area contributed by atoms with Gasteiger partial charge in [0.15, 0.2) is 0 Å². The molecule has 1 aromatic carbocycles. The van der Waals surface area contributed by atoms with Crippen LogP contribution < -0.4 is 16.8 Å². The first-order valence-electron chi connectivity index (χ1n) is 8.18. The predicted molar refractivity (Wildman–Crippen MR) is 96.6 cm³/mol. The van der Waals surface area contributed by atoms with E-state index in [9.17, 15) is 14.4 Å². The molecule has 0 unspecified atom stereocenters. The lowest BCUT2D eigenvalue weighted by Gasteiger charge is -2.09. The molecule has 0 spiro atoms. The molecule has 3 aromatic heterocycles. The minimum atomic E-state index is -0.730. The van der Waals surface area contributed by atoms with E-state index in [1.165, 1.54) is 10.8 Å². The Morgan fingerprint density at radius 2 is 2.04 bits per heavy atom. The lowest BCUT2D eigenvalue weighted by atomic mass is 10.2. The zero-order valence-electron chi connectivity index (χ0n) is 14.2. The van der Waals surface area contributed by atoms with Crippen molar-refractivity contribution in [2.75, 3.05) is 0 Å². The van der Waals surface area contributed by atoms with Gasteiger partial charge in [0, 0.05) is 18.1 Å². The fraction of sp³-hybridized carbons (Fsp3) is 0.167. The Balaban J connectivity index is 1.94. The van der Waals surface area contributed by atoms with Crippen LogP contribution in [0.25, 0.3) is 22.1 Å². The standard InChI is InChI=1S/C18H13N5O4/c1-2-22-8-10(7-19)17(25)23(18(22)26)9-13-20-14-11-5-3-4-6-12(11)27-15(14)16(24)21-13/h3-6,8H,2,9H2,1H3,(H,20,21,24). The number of benzene rings is 1. The third kappa shape index (κ3) is 2.55. The molecule has 1 N–H and O–H groups in total. The quantitative estimate of drug-likeness (QED) is 0.577. The molecule has 0 saturated carbocycles. The summed E-state index contributed by atoms with van der Waals surface area (Å²) < 4.78 is 7.66. The van der Waals surface area contributed by atoms with E-state index in [0.29, 0.717) is 23.0 Å². The molecule has 4 rings (SSSR count). The van der Waals surface area contributed by atoms with Crippen LogP contribution in [0.3, 0.4) is 0 Å². The zero-order valence-corrected chi connectivity index (χ0v) is 14.2. The molecule has 0 aliphatic rings. The van der Waals surface area contributed by atoms with Crippen LogP contribution >= 0.6 is 0 Å². The molecule has 9 nitrogen and oxygen atoms in total. The van der Waals surface area contributed by atoms with E-state index >= 15 is 0 Å². The number of hydrogen-bond acceptors (Lipinski definition) is 6. The van der Waals surface area contributed by atoms with Crippen molar-refractivity contribution in [1.82, 2.24) is 19.1 Å². The summed E-state index contributed by atoms with van der Waals surface area (Å²) >= 11 is 0. The molecule has 4 aromatic rings. The van der Waals surface area contributed by atoms with E-state index < -0.39 is 16.8 Å². The van der Waals surface area contributed by atoms with Crippen molar-refractivity contribution >= 4 is 22.1 Å². The van der Waals surface area contributed by atoms with Gasteiger partial charge in [-0.05, 0) is 19.1 Å². The van der Waals surface area contributed by atoms with Gasteiger partial charge in [-0.2, -0.15) is 5.26 Å². The van der Waals surface area contributed by atoms with Crippen molar-refractivity contribution in [3.63, 3.8) is 0 Å². The van der Waals surface area contributed by atoms with Gasteiger partial charge in [0.1, 0.15) is 28.6 Å². The average molecular weight is 363 g/mol. The van der Waals surface area contributed by atoms with Gasteiger partial charge < -0.3 is 9.40 Å². The monoisotopic (exact) mass is 363 g/mol. The van der Waals surface area contributed by atoms with E-state index in [0.717, 1.165) is 4.57 Å². The largest absolute Gasteiger partial charge is 0.449 e. The Morgan fingerprint density at radius 1 is 1.26 bits per heavy atom. The van der Waals surface area contributed by atoms with E-state index in [2.05, 4.69) is 9.97 Å². The molecule has 0 aliphatic carbocycles. The lowest BCUT2D eigenvalue weighted by Crippen LogP contribution is -2.41. The zero-order chi connectivity index (χ0) is 19.1. The van der Waals surface area contributed by atoms with Crippen LogP contribution in [-0.2, 0) is 13.1 Å². The minimum absolute atomic E-state index is 0.0732. The predicted octanol–water partition coefficient (Wildman–Crippen LogP) is 0.933. The number of aromatic amines is 1. The number of nitriles is 1. The van der Waals surface area contributed by atoms with Crippen molar-refractivity contribution in [1.29, 1.82) is 5.26 Å². The highest BCUT2D eigenvalue weighted by Crippen LogP contribution is 2.24. The number of furan rings is 1. The van der Waals surface area contributed by atoms with E-state index in [1.807, 2.05) is 0 Å². The molecule has 0 amide bonds. The number of nitrogens with one attached hydrogen (secondary N) is 1. The van der Waals surface area contributed by atoms with Crippen LogP contribution in [0.4, 0.5) is 0 Å². The van der Waals surface area contributed by atoms with Crippen LogP contribution in [-0.4, -0.2) is 19.1 Å². The highest BCUT2D eigenvalue weighted by atomic mass is 16.3. The molecule has 0 aliphatic heterocycles. The van der Waals surface area contributed by atoms with E-state index in [-0.39, 0.29) is 23.5 Å². The summed E-state index contributed by atoms with van der Waals surface area (Å²) in [5.41, 5.74) is -1.04. The Morgan fingerprint density at radius 3 is 2.78 bits per heavy atom. The first-order valence-corrected chi connectivity index (χ1v) is 8.18. The van der Waals surface area contributed by atoms with Crippen molar-refractivity contribution < 1.29 is 4.42 Å². The molecular formula is C18H13N5O4. The van der Waals surface area contributed by atoms with Gasteiger partial charge in [-0.15, -0.1) is 0 Å². The fourth-order valence-electron chi connectivity index (χ4n) is 2.97.